The monoisotopic (exact) mass is 368 g/mol. The maximum absolute atomic E-state index is 12.7. The van der Waals surface area contributed by atoms with Gasteiger partial charge in [-0.05, 0) is 37.1 Å². The van der Waals surface area contributed by atoms with E-state index in [0.29, 0.717) is 43.5 Å². The third kappa shape index (κ3) is 3.97. The molecular formula is C20H24N4O3. The Morgan fingerprint density at radius 2 is 1.70 bits per heavy atom. The summed E-state index contributed by atoms with van der Waals surface area (Å²) in [4.78, 5) is 32.9. The van der Waals surface area contributed by atoms with Gasteiger partial charge in [-0.2, -0.15) is 0 Å². The van der Waals surface area contributed by atoms with Crippen LogP contribution in [0.25, 0.3) is 0 Å². The fourth-order valence-corrected chi connectivity index (χ4v) is 3.74. The zero-order chi connectivity index (χ0) is 18.6. The molecule has 0 aromatic carbocycles. The molecule has 1 aliphatic heterocycles. The van der Waals surface area contributed by atoms with Crippen LogP contribution < -0.4 is 5.32 Å². The zero-order valence-electron chi connectivity index (χ0n) is 15.3. The lowest BCUT2D eigenvalue weighted by atomic mass is 10.2. The minimum atomic E-state index is -0.129. The molecule has 2 aromatic rings. The number of hydrogen-bond acceptors (Lipinski definition) is 5. The summed E-state index contributed by atoms with van der Waals surface area (Å²) in [6, 6.07) is 7.56. The van der Waals surface area contributed by atoms with Crippen LogP contribution in [0.2, 0.25) is 0 Å². The number of hydrogen-bond donors (Lipinski definition) is 1. The predicted octanol–water partition coefficient (Wildman–Crippen LogP) is 2.63. The molecule has 27 heavy (non-hydrogen) atoms. The molecule has 2 fully saturated rings. The van der Waals surface area contributed by atoms with Crippen molar-refractivity contribution < 1.29 is 14.0 Å². The summed E-state index contributed by atoms with van der Waals surface area (Å²) in [5, 5.41) is 3.43. The predicted molar refractivity (Wildman–Crippen MR) is 101 cm³/mol. The van der Waals surface area contributed by atoms with Crippen molar-refractivity contribution in [3.63, 3.8) is 0 Å². The van der Waals surface area contributed by atoms with Crippen molar-refractivity contribution in [1.29, 1.82) is 0 Å². The van der Waals surface area contributed by atoms with Crippen molar-refractivity contribution in [1.82, 2.24) is 14.8 Å². The topological polar surface area (TPSA) is 78.7 Å². The molecule has 2 aromatic heterocycles. The van der Waals surface area contributed by atoms with Gasteiger partial charge in [0.15, 0.2) is 5.76 Å². The number of amides is 2. The Labute approximate surface area is 158 Å². The number of carbonyl (C=O) groups is 2. The van der Waals surface area contributed by atoms with Gasteiger partial charge in [0, 0.05) is 38.4 Å². The molecule has 0 spiro atoms. The molecule has 0 radical (unpaired) electrons. The van der Waals surface area contributed by atoms with E-state index in [1.165, 1.54) is 31.9 Å². The minimum absolute atomic E-state index is 0.0417. The number of furan rings is 1. The van der Waals surface area contributed by atoms with Gasteiger partial charge in [-0.1, -0.05) is 12.8 Å². The van der Waals surface area contributed by atoms with E-state index >= 15 is 0 Å². The Morgan fingerprint density at radius 1 is 1.00 bits per heavy atom. The summed E-state index contributed by atoms with van der Waals surface area (Å²) in [5.41, 5.74) is 0.581. The molecule has 4 rings (SSSR count). The van der Waals surface area contributed by atoms with Crippen LogP contribution in [0.4, 0.5) is 5.82 Å². The molecule has 2 aliphatic rings. The standard InChI is InChI=1S/C20H24N4O3/c25-19(15-7-8-18(21-14-15)22-16-4-1-2-5-16)23-9-11-24(12-10-23)20(26)17-6-3-13-27-17/h3,6-8,13-14,16H,1-2,4-5,9-12H2,(H,21,22). The summed E-state index contributed by atoms with van der Waals surface area (Å²) in [6.07, 6.45) is 8.03. The van der Waals surface area contributed by atoms with Crippen LogP contribution in [0.1, 0.15) is 46.6 Å². The first-order valence-corrected chi connectivity index (χ1v) is 9.55. The first-order chi connectivity index (χ1) is 13.2. The van der Waals surface area contributed by atoms with Gasteiger partial charge in [0.2, 0.25) is 0 Å². The van der Waals surface area contributed by atoms with Crippen molar-refractivity contribution in [2.75, 3.05) is 31.5 Å². The molecule has 1 saturated carbocycles. The molecule has 3 heterocycles. The highest BCUT2D eigenvalue weighted by Gasteiger charge is 2.26. The highest BCUT2D eigenvalue weighted by Crippen LogP contribution is 2.21. The van der Waals surface area contributed by atoms with Crippen molar-refractivity contribution >= 4 is 17.6 Å². The van der Waals surface area contributed by atoms with Crippen molar-refractivity contribution in [2.24, 2.45) is 0 Å². The molecule has 2 amide bonds. The average molecular weight is 368 g/mol. The molecule has 7 nitrogen and oxygen atoms in total. The number of pyridine rings is 1. The summed E-state index contributed by atoms with van der Waals surface area (Å²) in [7, 11) is 0. The van der Waals surface area contributed by atoms with Gasteiger partial charge in [0.05, 0.1) is 11.8 Å². The molecule has 1 aliphatic carbocycles. The van der Waals surface area contributed by atoms with E-state index in [-0.39, 0.29) is 11.8 Å². The third-order valence-corrected chi connectivity index (χ3v) is 5.30. The second kappa shape index (κ2) is 7.82. The first-order valence-electron chi connectivity index (χ1n) is 9.55. The minimum Gasteiger partial charge on any atom is -0.459 e. The van der Waals surface area contributed by atoms with Crippen molar-refractivity contribution in [2.45, 2.75) is 31.7 Å². The Bertz CT molecular complexity index is 774. The van der Waals surface area contributed by atoms with E-state index in [1.54, 1.807) is 28.1 Å². The highest BCUT2D eigenvalue weighted by molar-refractivity contribution is 5.95. The van der Waals surface area contributed by atoms with Gasteiger partial charge in [0.1, 0.15) is 5.82 Å². The maximum atomic E-state index is 12.7. The molecule has 0 unspecified atom stereocenters. The van der Waals surface area contributed by atoms with Crippen LogP contribution in [0.15, 0.2) is 41.1 Å². The smallest absolute Gasteiger partial charge is 0.289 e. The lowest BCUT2D eigenvalue weighted by molar-refractivity contribution is 0.0518. The van der Waals surface area contributed by atoms with Gasteiger partial charge in [-0.15, -0.1) is 0 Å². The zero-order valence-corrected chi connectivity index (χ0v) is 15.3. The number of aromatic nitrogens is 1. The van der Waals surface area contributed by atoms with Gasteiger partial charge in [-0.3, -0.25) is 9.59 Å². The van der Waals surface area contributed by atoms with Crippen LogP contribution in [0, 0.1) is 0 Å². The fourth-order valence-electron chi connectivity index (χ4n) is 3.74. The summed E-state index contributed by atoms with van der Waals surface area (Å²) in [5.74, 6) is 0.993. The molecule has 0 bridgehead atoms. The molecule has 0 atom stereocenters. The number of rotatable bonds is 4. The highest BCUT2D eigenvalue weighted by atomic mass is 16.3. The lowest BCUT2D eigenvalue weighted by Crippen LogP contribution is -2.50. The van der Waals surface area contributed by atoms with Crippen molar-refractivity contribution in [3.05, 3.63) is 48.0 Å². The Hall–Kier alpha value is -2.83. The van der Waals surface area contributed by atoms with Crippen LogP contribution in [-0.2, 0) is 0 Å². The Kier molecular flexibility index (Phi) is 5.09. The lowest BCUT2D eigenvalue weighted by Gasteiger charge is -2.34. The number of nitrogens with zero attached hydrogens (tertiary/aromatic N) is 3. The Balaban J connectivity index is 1.31. The quantitative estimate of drug-likeness (QED) is 0.897. The number of nitrogens with one attached hydrogen (secondary N) is 1. The molecule has 142 valence electrons. The first kappa shape index (κ1) is 17.6. The summed E-state index contributed by atoms with van der Waals surface area (Å²) in [6.45, 7) is 2.01. The van der Waals surface area contributed by atoms with Gasteiger partial charge in [-0.25, -0.2) is 4.98 Å². The number of anilines is 1. The van der Waals surface area contributed by atoms with Crippen molar-refractivity contribution in [3.8, 4) is 0 Å². The van der Waals surface area contributed by atoms with Gasteiger partial charge < -0.3 is 19.5 Å². The fraction of sp³-hybridized carbons (Fsp3) is 0.450. The van der Waals surface area contributed by atoms with Crippen LogP contribution in [-0.4, -0.2) is 58.8 Å². The van der Waals surface area contributed by atoms with E-state index in [2.05, 4.69) is 10.3 Å². The SMILES string of the molecule is O=C(c1ccc(NC2CCCC2)nc1)N1CCN(C(=O)c2ccco2)CC1. The molecule has 1 saturated heterocycles. The van der Waals surface area contributed by atoms with Gasteiger partial charge in [0.25, 0.3) is 11.8 Å². The summed E-state index contributed by atoms with van der Waals surface area (Å²) < 4.78 is 5.16. The van der Waals surface area contributed by atoms with Gasteiger partial charge >= 0.3 is 0 Å². The van der Waals surface area contributed by atoms with Crippen LogP contribution in [0.3, 0.4) is 0 Å². The third-order valence-electron chi connectivity index (χ3n) is 5.30. The normalized spacial score (nSPS) is 17.9. The van der Waals surface area contributed by atoms with E-state index in [1.807, 2.05) is 12.1 Å². The second-order valence-corrected chi connectivity index (χ2v) is 7.12. The maximum Gasteiger partial charge on any atom is 0.289 e. The van der Waals surface area contributed by atoms with E-state index in [9.17, 15) is 9.59 Å². The average Bonchev–Trinajstić information content (AvgIpc) is 3.42. The van der Waals surface area contributed by atoms with Crippen LogP contribution in [0.5, 0.6) is 0 Å². The van der Waals surface area contributed by atoms with E-state index in [0.717, 1.165) is 5.82 Å². The van der Waals surface area contributed by atoms with E-state index < -0.39 is 0 Å². The van der Waals surface area contributed by atoms with Crippen LogP contribution >= 0.6 is 0 Å². The summed E-state index contributed by atoms with van der Waals surface area (Å²) >= 11 is 0. The molecule has 7 heteroatoms. The Morgan fingerprint density at radius 3 is 2.30 bits per heavy atom. The second-order valence-electron chi connectivity index (χ2n) is 7.12. The molecule has 1 N–H and O–H groups in total. The molecular weight excluding hydrogens is 344 g/mol. The van der Waals surface area contributed by atoms with E-state index in [4.69, 9.17) is 4.42 Å². The number of piperazine rings is 1. The number of carbonyl (C=O) groups excluding carboxylic acids is 2. The largest absolute Gasteiger partial charge is 0.459 e.